The molecule has 0 spiro atoms. The highest BCUT2D eigenvalue weighted by atomic mass is 31.2. The first kappa shape index (κ1) is 27.2. The monoisotopic (exact) mass is 502 g/mol. The van der Waals surface area contributed by atoms with Crippen molar-refractivity contribution in [1.29, 1.82) is 0 Å². The van der Waals surface area contributed by atoms with Gasteiger partial charge in [-0.25, -0.2) is 4.57 Å². The molecule has 0 unspecified atom stereocenters. The summed E-state index contributed by atoms with van der Waals surface area (Å²) in [6, 6.07) is 28.2. The zero-order valence-corrected chi connectivity index (χ0v) is 20.2. The fraction of sp³-hybridized carbons (Fsp3) is 0.308. The molecule has 3 N–H and O–H groups in total. The van der Waals surface area contributed by atoms with Gasteiger partial charge in [-0.15, -0.1) is 0 Å². The minimum Gasteiger partial charge on any atom is -0.394 e. The van der Waals surface area contributed by atoms with Crippen molar-refractivity contribution in [1.82, 2.24) is 0 Å². The zero-order chi connectivity index (χ0) is 24.9. The highest BCUT2D eigenvalue weighted by Crippen LogP contribution is 2.36. The molecule has 0 amide bonds. The van der Waals surface area contributed by atoms with Crippen LogP contribution in [0.5, 0.6) is 0 Å². The largest absolute Gasteiger partial charge is 0.469 e. The van der Waals surface area contributed by atoms with E-state index in [0.29, 0.717) is 0 Å². The molecule has 0 saturated carbocycles. The number of hydrogen-bond acceptors (Lipinski definition) is 6. The second kappa shape index (κ2) is 14.2. The highest BCUT2D eigenvalue weighted by molar-refractivity contribution is 7.46. The number of aliphatic hydroxyl groups excluding tert-OH is 1. The summed E-state index contributed by atoms with van der Waals surface area (Å²) in [5, 5.41) is 10.2. The fourth-order valence-electron chi connectivity index (χ4n) is 3.44. The molecule has 0 aliphatic carbocycles. The third kappa shape index (κ3) is 10.0. The summed E-state index contributed by atoms with van der Waals surface area (Å²) in [6.07, 6.45) is -2.68. The molecule has 0 heterocycles. The minimum absolute atomic E-state index is 0.151. The maximum absolute atomic E-state index is 11.5. The second-order valence-electron chi connectivity index (χ2n) is 7.90. The first-order valence-electron chi connectivity index (χ1n) is 11.2. The summed E-state index contributed by atoms with van der Waals surface area (Å²) < 4.78 is 34.4. The van der Waals surface area contributed by atoms with Gasteiger partial charge in [0, 0.05) is 0 Å². The average Bonchev–Trinajstić information content (AvgIpc) is 2.88. The molecule has 3 rings (SSSR count). The molecule has 8 nitrogen and oxygen atoms in total. The number of phosphoric ester groups is 1. The molecule has 35 heavy (non-hydrogen) atoms. The smallest absolute Gasteiger partial charge is 0.394 e. The summed E-state index contributed by atoms with van der Waals surface area (Å²) in [6.45, 7) is -0.312. The molecule has 0 fully saturated rings. The van der Waals surface area contributed by atoms with Gasteiger partial charge in [0.05, 0.1) is 33.0 Å². The Morgan fingerprint density at radius 1 is 0.629 bits per heavy atom. The Bertz CT molecular complexity index is 1010. The van der Waals surface area contributed by atoms with Crippen LogP contribution in [0.4, 0.5) is 0 Å². The van der Waals surface area contributed by atoms with Crippen molar-refractivity contribution in [2.45, 2.75) is 38.1 Å². The van der Waals surface area contributed by atoms with Gasteiger partial charge >= 0.3 is 7.82 Å². The van der Waals surface area contributed by atoms with Gasteiger partial charge in [0.2, 0.25) is 0 Å². The predicted octanol–water partition coefficient (Wildman–Crippen LogP) is 3.84. The quantitative estimate of drug-likeness (QED) is 0.269. The van der Waals surface area contributed by atoms with Gasteiger partial charge in [-0.3, -0.25) is 4.52 Å². The van der Waals surface area contributed by atoms with Crippen LogP contribution in [-0.4, -0.2) is 46.4 Å². The first-order chi connectivity index (χ1) is 16.9. The van der Waals surface area contributed by atoms with Crippen LogP contribution < -0.4 is 0 Å². The lowest BCUT2D eigenvalue weighted by Gasteiger charge is -2.33. The van der Waals surface area contributed by atoms with E-state index in [2.05, 4.69) is 0 Å². The lowest BCUT2D eigenvalue weighted by atomic mass is 10.1. The third-order valence-electron chi connectivity index (χ3n) is 5.22. The molecule has 0 radical (unpaired) electrons. The van der Waals surface area contributed by atoms with Gasteiger partial charge in [-0.05, 0) is 16.7 Å². The summed E-state index contributed by atoms with van der Waals surface area (Å²) in [7, 11) is -4.77. The fourth-order valence-corrected chi connectivity index (χ4v) is 3.78. The number of phosphoric acid groups is 1. The molecule has 0 bridgehead atoms. The normalized spacial score (nSPS) is 14.4. The number of aliphatic hydroxyl groups is 1. The molecule has 0 aliphatic heterocycles. The topological polar surface area (TPSA) is 115 Å². The van der Waals surface area contributed by atoms with E-state index in [-0.39, 0.29) is 19.8 Å². The van der Waals surface area contributed by atoms with Gasteiger partial charge in [0.25, 0.3) is 0 Å². The van der Waals surface area contributed by atoms with E-state index in [1.165, 1.54) is 0 Å². The van der Waals surface area contributed by atoms with Crippen LogP contribution in [0.3, 0.4) is 0 Å². The van der Waals surface area contributed by atoms with Gasteiger partial charge in [0.15, 0.2) is 0 Å². The van der Waals surface area contributed by atoms with Gasteiger partial charge in [0.1, 0.15) is 18.3 Å². The minimum atomic E-state index is -4.77. The molecule has 3 aromatic carbocycles. The highest BCUT2D eigenvalue weighted by Gasteiger charge is 2.34. The summed E-state index contributed by atoms with van der Waals surface area (Å²) >= 11 is 0. The van der Waals surface area contributed by atoms with Crippen molar-refractivity contribution in [2.75, 3.05) is 13.2 Å². The Hall–Kier alpha value is -2.39. The van der Waals surface area contributed by atoms with E-state index in [9.17, 15) is 19.5 Å². The van der Waals surface area contributed by atoms with E-state index in [1.807, 2.05) is 91.0 Å². The molecule has 0 saturated heterocycles. The molecule has 0 aliphatic rings. The maximum Gasteiger partial charge on any atom is 0.469 e. The number of rotatable bonds is 15. The molecule has 9 heteroatoms. The van der Waals surface area contributed by atoms with Gasteiger partial charge < -0.3 is 29.1 Å². The summed E-state index contributed by atoms with van der Waals surface area (Å²) in [4.78, 5) is 18.6. The average molecular weight is 503 g/mol. The van der Waals surface area contributed by atoms with Crippen LogP contribution in [0, 0.1) is 0 Å². The molecule has 3 atom stereocenters. The Kier molecular flexibility index (Phi) is 11.1. The van der Waals surface area contributed by atoms with Crippen molar-refractivity contribution in [2.24, 2.45) is 0 Å². The molecule has 188 valence electrons. The SMILES string of the molecule is O=P(O)(O)OC[C@@H](OCc1ccccc1)[C@@H](OCc1ccccc1)[C@H](CO)OCc1ccccc1. The molecule has 3 aromatic rings. The first-order valence-corrected chi connectivity index (χ1v) is 12.7. The van der Waals surface area contributed by atoms with Crippen LogP contribution in [0.25, 0.3) is 0 Å². The predicted molar refractivity (Wildman–Crippen MR) is 130 cm³/mol. The van der Waals surface area contributed by atoms with E-state index < -0.39 is 39.3 Å². The van der Waals surface area contributed by atoms with Crippen LogP contribution >= 0.6 is 7.82 Å². The summed E-state index contributed by atoms with van der Waals surface area (Å²) in [5.74, 6) is 0. The standard InChI is InChI=1S/C26H31O8P/c27-16-24(31-17-21-10-4-1-5-11-21)26(33-19-23-14-8-3-9-15-23)25(20-34-35(28,29)30)32-18-22-12-6-2-7-13-22/h1-15,24-27H,16-20H2,(H2,28,29,30)/t24-,25+,26-/m0/s1. The number of benzene rings is 3. The van der Waals surface area contributed by atoms with E-state index >= 15 is 0 Å². The Balaban J connectivity index is 1.80. The van der Waals surface area contributed by atoms with Crippen molar-refractivity contribution in [3.8, 4) is 0 Å². The Morgan fingerprint density at radius 2 is 1.03 bits per heavy atom. The van der Waals surface area contributed by atoms with E-state index in [0.717, 1.165) is 16.7 Å². The van der Waals surface area contributed by atoms with Crippen molar-refractivity contribution in [3.63, 3.8) is 0 Å². The second-order valence-corrected chi connectivity index (χ2v) is 9.14. The maximum atomic E-state index is 11.5. The van der Waals surface area contributed by atoms with Crippen LogP contribution in [-0.2, 0) is 43.1 Å². The van der Waals surface area contributed by atoms with Gasteiger partial charge in [-0.1, -0.05) is 91.0 Å². The lowest BCUT2D eigenvalue weighted by molar-refractivity contribution is -0.169. The van der Waals surface area contributed by atoms with Crippen LogP contribution in [0.1, 0.15) is 16.7 Å². The van der Waals surface area contributed by atoms with Crippen LogP contribution in [0.2, 0.25) is 0 Å². The lowest BCUT2D eigenvalue weighted by Crippen LogP contribution is -2.46. The molecular weight excluding hydrogens is 471 g/mol. The number of ether oxygens (including phenoxy) is 3. The zero-order valence-electron chi connectivity index (χ0n) is 19.3. The van der Waals surface area contributed by atoms with Crippen LogP contribution in [0.15, 0.2) is 91.0 Å². The Labute approximate surface area is 205 Å². The van der Waals surface area contributed by atoms with E-state index in [4.69, 9.17) is 18.7 Å². The number of hydrogen-bond donors (Lipinski definition) is 3. The Morgan fingerprint density at radius 3 is 1.43 bits per heavy atom. The van der Waals surface area contributed by atoms with Crippen molar-refractivity contribution < 1.29 is 38.2 Å². The third-order valence-corrected chi connectivity index (χ3v) is 5.70. The molecule has 0 aromatic heterocycles. The van der Waals surface area contributed by atoms with Crippen molar-refractivity contribution >= 4 is 7.82 Å². The van der Waals surface area contributed by atoms with Crippen molar-refractivity contribution in [3.05, 3.63) is 108 Å². The molecular formula is C26H31O8P. The van der Waals surface area contributed by atoms with E-state index in [1.54, 1.807) is 0 Å². The summed E-state index contributed by atoms with van der Waals surface area (Å²) in [5.41, 5.74) is 2.65. The van der Waals surface area contributed by atoms with Gasteiger partial charge in [-0.2, -0.15) is 0 Å².